The van der Waals surface area contributed by atoms with Crippen LogP contribution >= 0.6 is 0 Å². The number of ether oxygens (including phenoxy) is 1. The molecule has 0 aliphatic heterocycles. The average molecular weight is 312 g/mol. The van der Waals surface area contributed by atoms with Crippen LogP contribution in [0.4, 0.5) is 15.9 Å². The molecule has 1 aromatic heterocycles. The second-order valence-corrected chi connectivity index (χ2v) is 5.49. The summed E-state index contributed by atoms with van der Waals surface area (Å²) in [5.74, 6) is 0.137. The summed E-state index contributed by atoms with van der Waals surface area (Å²) in [4.78, 5) is 4.09. The number of rotatable bonds is 4. The van der Waals surface area contributed by atoms with Gasteiger partial charge in [0.05, 0.1) is 6.10 Å². The summed E-state index contributed by atoms with van der Waals surface area (Å²) in [6.45, 7) is 3.68. The lowest BCUT2D eigenvalue weighted by atomic mass is 10.1. The maximum atomic E-state index is 14.0. The molecule has 0 radical (unpaired) electrons. The van der Waals surface area contributed by atoms with Crippen LogP contribution in [-0.4, -0.2) is 16.2 Å². The van der Waals surface area contributed by atoms with Gasteiger partial charge in [-0.3, -0.25) is 0 Å². The molecule has 23 heavy (non-hydrogen) atoms. The molecule has 0 spiro atoms. The van der Waals surface area contributed by atoms with Gasteiger partial charge in [-0.05, 0) is 43.5 Å². The lowest BCUT2D eigenvalue weighted by molar-refractivity contribution is 0.231. The van der Waals surface area contributed by atoms with Crippen LogP contribution in [-0.2, 0) is 0 Å². The van der Waals surface area contributed by atoms with E-state index in [-0.39, 0.29) is 17.7 Å². The molecule has 0 atom stereocenters. The predicted molar refractivity (Wildman–Crippen MR) is 88.9 cm³/mol. The zero-order valence-electron chi connectivity index (χ0n) is 12.9. The van der Waals surface area contributed by atoms with Crippen LogP contribution in [0.1, 0.15) is 13.8 Å². The summed E-state index contributed by atoms with van der Waals surface area (Å²) in [6.07, 6.45) is -0.0950. The van der Waals surface area contributed by atoms with Gasteiger partial charge in [0.15, 0.2) is 11.6 Å². The highest BCUT2D eigenvalue weighted by Crippen LogP contribution is 2.28. The SMILES string of the molecule is CC(C)Oc1ccc(Nc2cc3ccccc3c(O)n2)cc1F. The smallest absolute Gasteiger partial charge is 0.220 e. The molecule has 0 saturated carbocycles. The number of fused-ring (bicyclic) bond motifs is 1. The number of hydrogen-bond donors (Lipinski definition) is 2. The third-order valence-electron chi connectivity index (χ3n) is 3.29. The van der Waals surface area contributed by atoms with E-state index in [1.54, 1.807) is 24.3 Å². The predicted octanol–water partition coefficient (Wildman–Crippen LogP) is 4.61. The van der Waals surface area contributed by atoms with Gasteiger partial charge in [0.25, 0.3) is 0 Å². The van der Waals surface area contributed by atoms with Crippen molar-refractivity contribution in [3.63, 3.8) is 0 Å². The summed E-state index contributed by atoms with van der Waals surface area (Å²) in [6, 6.07) is 13.8. The van der Waals surface area contributed by atoms with E-state index >= 15 is 0 Å². The van der Waals surface area contributed by atoms with E-state index in [9.17, 15) is 9.50 Å². The van der Waals surface area contributed by atoms with Gasteiger partial charge >= 0.3 is 0 Å². The van der Waals surface area contributed by atoms with Crippen LogP contribution in [0.3, 0.4) is 0 Å². The number of hydrogen-bond acceptors (Lipinski definition) is 4. The Morgan fingerprint density at radius 2 is 1.91 bits per heavy atom. The van der Waals surface area contributed by atoms with Crippen molar-refractivity contribution >= 4 is 22.3 Å². The van der Waals surface area contributed by atoms with Crippen LogP contribution in [0.2, 0.25) is 0 Å². The van der Waals surface area contributed by atoms with Crippen molar-refractivity contribution < 1.29 is 14.2 Å². The number of halogens is 1. The molecule has 0 bridgehead atoms. The highest BCUT2D eigenvalue weighted by molar-refractivity contribution is 5.89. The van der Waals surface area contributed by atoms with Crippen LogP contribution in [0, 0.1) is 5.82 Å². The molecule has 3 aromatic rings. The van der Waals surface area contributed by atoms with Gasteiger partial charge in [-0.2, -0.15) is 4.98 Å². The molecule has 0 fully saturated rings. The first-order chi connectivity index (χ1) is 11.0. The fraction of sp³-hybridized carbons (Fsp3) is 0.167. The Bertz CT molecular complexity index is 850. The number of anilines is 2. The largest absolute Gasteiger partial charge is 0.493 e. The van der Waals surface area contributed by atoms with Crippen molar-refractivity contribution in [1.82, 2.24) is 4.98 Å². The maximum absolute atomic E-state index is 14.0. The summed E-state index contributed by atoms with van der Waals surface area (Å²) < 4.78 is 19.4. The molecule has 3 rings (SSSR count). The zero-order chi connectivity index (χ0) is 16.4. The van der Waals surface area contributed by atoms with Crippen molar-refractivity contribution in [2.45, 2.75) is 20.0 Å². The summed E-state index contributed by atoms with van der Waals surface area (Å²) in [7, 11) is 0. The minimum atomic E-state index is -0.450. The second kappa shape index (κ2) is 6.12. The number of benzene rings is 2. The molecule has 0 aliphatic rings. The quantitative estimate of drug-likeness (QED) is 0.738. The van der Waals surface area contributed by atoms with Crippen LogP contribution in [0.5, 0.6) is 11.6 Å². The van der Waals surface area contributed by atoms with Crippen molar-refractivity contribution in [1.29, 1.82) is 0 Å². The summed E-state index contributed by atoms with van der Waals surface area (Å²) >= 11 is 0. The Hall–Kier alpha value is -2.82. The first kappa shape index (κ1) is 15.1. The van der Waals surface area contributed by atoms with E-state index in [1.807, 2.05) is 32.0 Å². The van der Waals surface area contributed by atoms with Crippen molar-refractivity contribution in [3.8, 4) is 11.6 Å². The van der Waals surface area contributed by atoms with Gasteiger partial charge < -0.3 is 15.2 Å². The van der Waals surface area contributed by atoms with E-state index < -0.39 is 5.82 Å². The minimum absolute atomic E-state index is 0.0640. The molecule has 1 heterocycles. The molecular formula is C18H17FN2O2. The van der Waals surface area contributed by atoms with Gasteiger partial charge in [-0.15, -0.1) is 0 Å². The van der Waals surface area contributed by atoms with E-state index in [0.717, 1.165) is 5.39 Å². The molecule has 2 aromatic carbocycles. The Labute approximate surface area is 133 Å². The van der Waals surface area contributed by atoms with E-state index in [0.29, 0.717) is 16.9 Å². The summed E-state index contributed by atoms with van der Waals surface area (Å²) in [5, 5.41) is 14.5. The first-order valence-corrected chi connectivity index (χ1v) is 7.35. The third kappa shape index (κ3) is 3.34. The minimum Gasteiger partial charge on any atom is -0.493 e. The average Bonchev–Trinajstić information content (AvgIpc) is 2.50. The second-order valence-electron chi connectivity index (χ2n) is 5.49. The van der Waals surface area contributed by atoms with Crippen molar-refractivity contribution in [2.24, 2.45) is 0 Å². The number of nitrogens with zero attached hydrogens (tertiary/aromatic N) is 1. The van der Waals surface area contributed by atoms with Crippen LogP contribution < -0.4 is 10.1 Å². The molecule has 118 valence electrons. The zero-order valence-corrected chi connectivity index (χ0v) is 12.9. The van der Waals surface area contributed by atoms with Gasteiger partial charge in [-0.25, -0.2) is 4.39 Å². The molecular weight excluding hydrogens is 295 g/mol. The number of pyridine rings is 1. The Morgan fingerprint density at radius 1 is 1.13 bits per heavy atom. The van der Waals surface area contributed by atoms with E-state index in [2.05, 4.69) is 10.3 Å². The Kier molecular flexibility index (Phi) is 4.02. The number of nitrogens with one attached hydrogen (secondary N) is 1. The molecule has 0 saturated heterocycles. The lowest BCUT2D eigenvalue weighted by Gasteiger charge is -2.12. The fourth-order valence-electron chi connectivity index (χ4n) is 2.32. The van der Waals surface area contributed by atoms with Gasteiger partial charge in [0, 0.05) is 17.1 Å². The third-order valence-corrected chi connectivity index (χ3v) is 3.29. The number of aromatic nitrogens is 1. The van der Waals surface area contributed by atoms with Gasteiger partial charge in [0.1, 0.15) is 5.82 Å². The standard InChI is InChI=1S/C18H17FN2O2/c1-11(2)23-16-8-7-13(10-15(16)19)20-17-9-12-5-3-4-6-14(12)18(22)21-17/h3-11H,1-2H3,(H2,20,21,22). The summed E-state index contributed by atoms with van der Waals surface area (Å²) in [5.41, 5.74) is 0.529. The first-order valence-electron chi connectivity index (χ1n) is 7.35. The topological polar surface area (TPSA) is 54.4 Å². The molecule has 0 unspecified atom stereocenters. The molecule has 4 nitrogen and oxygen atoms in total. The van der Waals surface area contributed by atoms with Crippen LogP contribution in [0.15, 0.2) is 48.5 Å². The fourth-order valence-corrected chi connectivity index (χ4v) is 2.32. The Balaban J connectivity index is 1.88. The lowest BCUT2D eigenvalue weighted by Crippen LogP contribution is -2.07. The Morgan fingerprint density at radius 3 is 2.65 bits per heavy atom. The highest BCUT2D eigenvalue weighted by atomic mass is 19.1. The molecule has 5 heteroatoms. The van der Waals surface area contributed by atoms with Crippen LogP contribution in [0.25, 0.3) is 10.8 Å². The number of aromatic hydroxyl groups is 1. The maximum Gasteiger partial charge on any atom is 0.220 e. The molecule has 0 amide bonds. The van der Waals surface area contributed by atoms with Gasteiger partial charge in [-0.1, -0.05) is 18.2 Å². The van der Waals surface area contributed by atoms with E-state index in [1.165, 1.54) is 6.07 Å². The normalized spacial score (nSPS) is 11.0. The van der Waals surface area contributed by atoms with Gasteiger partial charge in [0.2, 0.25) is 5.88 Å². The van der Waals surface area contributed by atoms with E-state index in [4.69, 9.17) is 4.74 Å². The van der Waals surface area contributed by atoms with Crippen molar-refractivity contribution in [3.05, 3.63) is 54.3 Å². The molecule has 0 aliphatic carbocycles. The molecule has 2 N–H and O–H groups in total. The van der Waals surface area contributed by atoms with Crippen molar-refractivity contribution in [2.75, 3.05) is 5.32 Å². The monoisotopic (exact) mass is 312 g/mol. The highest BCUT2D eigenvalue weighted by Gasteiger charge is 2.09.